The molecule has 140 valence electrons. The molecule has 0 bridgehead atoms. The molecule has 0 N–H and O–H groups in total. The Hall–Kier alpha value is 0.228. The zero-order valence-corrected chi connectivity index (χ0v) is 21.3. The molecule has 24 heavy (non-hydrogen) atoms. The van der Waals surface area contributed by atoms with E-state index in [-0.39, 0.29) is 0 Å². The summed E-state index contributed by atoms with van der Waals surface area (Å²) in [5.74, 6) is 0. The van der Waals surface area contributed by atoms with E-state index in [0.717, 1.165) is 25.3 Å². The predicted octanol–water partition coefficient (Wildman–Crippen LogP) is 6.15. The van der Waals surface area contributed by atoms with Crippen molar-refractivity contribution in [1.29, 1.82) is 0 Å². The summed E-state index contributed by atoms with van der Waals surface area (Å²) >= 11 is 0. The molecule has 0 saturated heterocycles. The fraction of sp³-hybridized carbons (Fsp3) is 0.765. The Morgan fingerprint density at radius 2 is 1.25 bits per heavy atom. The first-order valence-electron chi connectivity index (χ1n) is 9.15. The zero-order chi connectivity index (χ0) is 18.6. The third-order valence-corrected chi connectivity index (χ3v) is 15.3. The maximum Gasteiger partial charge on any atom is 0.469 e. The Morgan fingerprint density at radius 3 is 1.58 bits per heavy atom. The number of rotatable bonds is 10. The first kappa shape index (κ1) is 22.3. The average molecular weight is 403 g/mol. The summed E-state index contributed by atoms with van der Waals surface area (Å²) in [7, 11) is -7.87. The highest BCUT2D eigenvalue weighted by molar-refractivity contribution is 6.90. The van der Waals surface area contributed by atoms with Crippen LogP contribution in [-0.2, 0) is 12.3 Å². The van der Waals surface area contributed by atoms with Gasteiger partial charge in [-0.25, -0.2) is 0 Å². The third-order valence-electron chi connectivity index (χ3n) is 3.21. The SMILES string of the molecule is C[Si](C)(C)O[Si](CCCC1=CC=CC1)(O[Si](C)(C)C)O[Si](C)(C)C. The van der Waals surface area contributed by atoms with Gasteiger partial charge in [-0.05, 0) is 78.2 Å². The molecule has 0 saturated carbocycles. The molecular weight excluding hydrogens is 365 g/mol. The van der Waals surface area contributed by atoms with E-state index >= 15 is 0 Å². The molecule has 0 radical (unpaired) electrons. The first-order chi connectivity index (χ1) is 10.7. The smallest absolute Gasteiger partial charge is 0.417 e. The van der Waals surface area contributed by atoms with Crippen LogP contribution in [0.2, 0.25) is 65.0 Å². The van der Waals surface area contributed by atoms with Gasteiger partial charge in [0.2, 0.25) is 0 Å². The topological polar surface area (TPSA) is 27.7 Å². The van der Waals surface area contributed by atoms with Gasteiger partial charge in [0.05, 0.1) is 0 Å². The molecule has 7 heteroatoms. The van der Waals surface area contributed by atoms with Gasteiger partial charge in [-0.3, -0.25) is 0 Å². The van der Waals surface area contributed by atoms with Crippen molar-refractivity contribution in [2.75, 3.05) is 0 Å². The molecule has 0 amide bonds. The van der Waals surface area contributed by atoms with Crippen molar-refractivity contribution in [2.24, 2.45) is 0 Å². The highest BCUT2D eigenvalue weighted by atomic mass is 28.5. The van der Waals surface area contributed by atoms with Gasteiger partial charge in [-0.15, -0.1) is 0 Å². The van der Waals surface area contributed by atoms with E-state index in [9.17, 15) is 0 Å². The van der Waals surface area contributed by atoms with E-state index in [2.05, 4.69) is 77.2 Å². The Labute approximate surface area is 154 Å². The predicted molar refractivity (Wildman–Crippen MR) is 115 cm³/mol. The second-order valence-corrected chi connectivity index (χ2v) is 26.6. The summed E-state index contributed by atoms with van der Waals surface area (Å²) in [6.45, 7) is 20.2. The first-order valence-corrected chi connectivity index (χ1v) is 21.3. The third kappa shape index (κ3) is 9.64. The van der Waals surface area contributed by atoms with Crippen molar-refractivity contribution in [3.8, 4) is 0 Å². The number of hydrogen-bond donors (Lipinski definition) is 0. The van der Waals surface area contributed by atoms with E-state index in [4.69, 9.17) is 12.3 Å². The second kappa shape index (κ2) is 8.28. The lowest BCUT2D eigenvalue weighted by molar-refractivity contribution is 0.250. The minimum absolute atomic E-state index is 0.948. The molecule has 3 nitrogen and oxygen atoms in total. The van der Waals surface area contributed by atoms with E-state index in [1.807, 2.05) is 0 Å². The minimum Gasteiger partial charge on any atom is -0.417 e. The van der Waals surface area contributed by atoms with Gasteiger partial charge in [0.25, 0.3) is 0 Å². The molecule has 1 rings (SSSR count). The maximum absolute atomic E-state index is 6.71. The molecule has 0 unspecified atom stereocenters. The van der Waals surface area contributed by atoms with Crippen LogP contribution in [-0.4, -0.2) is 33.8 Å². The van der Waals surface area contributed by atoms with Crippen LogP contribution in [0.15, 0.2) is 23.8 Å². The van der Waals surface area contributed by atoms with Crippen molar-refractivity contribution in [1.82, 2.24) is 0 Å². The molecule has 0 fully saturated rings. The fourth-order valence-corrected chi connectivity index (χ4v) is 17.5. The standard InChI is InChI=1S/C17H38O3Si4/c1-21(2,3)18-24(19-22(4,5)6,20-23(7,8)9)16-12-15-17-13-10-11-14-17/h10-11,13H,12,14-16H2,1-9H3. The Bertz CT molecular complexity index is 427. The van der Waals surface area contributed by atoms with E-state index in [1.54, 1.807) is 0 Å². The van der Waals surface area contributed by atoms with Crippen LogP contribution < -0.4 is 0 Å². The largest absolute Gasteiger partial charge is 0.469 e. The lowest BCUT2D eigenvalue weighted by atomic mass is 10.1. The monoisotopic (exact) mass is 402 g/mol. The normalized spacial score (nSPS) is 16.6. The Kier molecular flexibility index (Phi) is 7.68. The number of hydrogen-bond acceptors (Lipinski definition) is 3. The van der Waals surface area contributed by atoms with E-state index in [0.29, 0.717) is 0 Å². The van der Waals surface area contributed by atoms with Crippen LogP contribution in [0.4, 0.5) is 0 Å². The van der Waals surface area contributed by atoms with Crippen molar-refractivity contribution in [3.05, 3.63) is 23.8 Å². The van der Waals surface area contributed by atoms with Gasteiger partial charge in [-0.2, -0.15) is 0 Å². The lowest BCUT2D eigenvalue weighted by Gasteiger charge is -2.43. The average Bonchev–Trinajstić information content (AvgIpc) is 2.73. The summed E-state index contributed by atoms with van der Waals surface area (Å²) in [4.78, 5) is 0. The van der Waals surface area contributed by atoms with Gasteiger partial charge in [0.1, 0.15) is 0 Å². The fourth-order valence-electron chi connectivity index (χ4n) is 2.82. The molecule has 0 aromatic carbocycles. The molecule has 0 aliphatic heterocycles. The summed E-state index contributed by atoms with van der Waals surface area (Å²) in [6, 6.07) is 0.948. The molecule has 0 atom stereocenters. The van der Waals surface area contributed by atoms with Crippen LogP contribution in [0, 0.1) is 0 Å². The summed E-state index contributed by atoms with van der Waals surface area (Å²) in [5, 5.41) is 0. The van der Waals surface area contributed by atoms with Gasteiger partial charge in [0.15, 0.2) is 25.0 Å². The van der Waals surface area contributed by atoms with Crippen LogP contribution in [0.25, 0.3) is 0 Å². The van der Waals surface area contributed by atoms with Crippen LogP contribution >= 0.6 is 0 Å². The molecule has 0 spiro atoms. The molecule has 0 aromatic rings. The zero-order valence-electron chi connectivity index (χ0n) is 17.3. The molecule has 1 aliphatic carbocycles. The van der Waals surface area contributed by atoms with E-state index in [1.165, 1.54) is 5.57 Å². The van der Waals surface area contributed by atoms with Gasteiger partial charge in [0, 0.05) is 6.04 Å². The number of allylic oxidation sites excluding steroid dienone is 4. The summed E-state index contributed by atoms with van der Waals surface area (Å²) in [5.41, 5.74) is 1.52. The van der Waals surface area contributed by atoms with Crippen LogP contribution in [0.1, 0.15) is 19.3 Å². The van der Waals surface area contributed by atoms with Gasteiger partial charge < -0.3 is 12.3 Å². The maximum atomic E-state index is 6.71. The Balaban J connectivity index is 2.93. The highest BCUT2D eigenvalue weighted by Crippen LogP contribution is 2.31. The minimum atomic E-state index is -2.64. The second-order valence-electron chi connectivity index (χ2n) is 9.64. The van der Waals surface area contributed by atoms with Crippen molar-refractivity contribution < 1.29 is 12.3 Å². The van der Waals surface area contributed by atoms with Gasteiger partial charge in [-0.1, -0.05) is 23.8 Å². The Morgan fingerprint density at radius 1 is 0.792 bits per heavy atom. The van der Waals surface area contributed by atoms with Crippen molar-refractivity contribution in [3.63, 3.8) is 0 Å². The molecular formula is C17H38O3Si4. The van der Waals surface area contributed by atoms with Crippen molar-refractivity contribution >= 4 is 33.8 Å². The molecule has 1 aliphatic rings. The van der Waals surface area contributed by atoms with Gasteiger partial charge >= 0.3 is 8.80 Å². The van der Waals surface area contributed by atoms with Crippen molar-refractivity contribution in [2.45, 2.75) is 84.2 Å². The van der Waals surface area contributed by atoms with Crippen LogP contribution in [0.3, 0.4) is 0 Å². The van der Waals surface area contributed by atoms with E-state index < -0.39 is 33.8 Å². The summed E-state index contributed by atoms with van der Waals surface area (Å²) in [6.07, 6.45) is 9.97. The quantitative estimate of drug-likeness (QED) is 0.410. The lowest BCUT2D eigenvalue weighted by Crippen LogP contribution is -2.60. The molecule has 0 heterocycles. The summed E-state index contributed by atoms with van der Waals surface area (Å²) < 4.78 is 20.1. The highest BCUT2D eigenvalue weighted by Gasteiger charge is 2.49. The van der Waals surface area contributed by atoms with Crippen LogP contribution in [0.5, 0.6) is 0 Å². The molecule has 0 aromatic heterocycles.